The van der Waals surface area contributed by atoms with Gasteiger partial charge < -0.3 is 68.0 Å². The number of oxime groups is 1. The van der Waals surface area contributed by atoms with E-state index in [4.69, 9.17) is 27.0 Å². The van der Waals surface area contributed by atoms with Crippen molar-refractivity contribution in [2.45, 2.75) is 223 Å². The molecular weight excluding hydrogens is 1520 g/mol. The fraction of sp³-hybridized carbons (Fsp3) is 0.576. The Morgan fingerprint density at radius 1 is 0.774 bits per heavy atom. The molecule has 3 aromatic carbocycles. The van der Waals surface area contributed by atoms with Crippen LogP contribution in [0.1, 0.15) is 174 Å². The number of carbonyl (C=O) groups excluding carboxylic acids is 4. The van der Waals surface area contributed by atoms with Crippen molar-refractivity contribution in [3.05, 3.63) is 148 Å². The number of hydrogen-bond acceptors (Lipinski definition) is 21. The lowest BCUT2D eigenvalue weighted by molar-refractivity contribution is -0.223. The third kappa shape index (κ3) is 14.2. The molecule has 628 valence electrons. The molecule has 1 aromatic heterocycles. The van der Waals surface area contributed by atoms with Gasteiger partial charge in [-0.3, -0.25) is 24.0 Å². The number of nitrogen functional groups attached to an aromatic ring is 1. The molecule has 4 aromatic rings. The van der Waals surface area contributed by atoms with Crippen LogP contribution in [0.5, 0.6) is 0 Å². The summed E-state index contributed by atoms with van der Waals surface area (Å²) in [6.45, 7) is 16.6. The molecule has 19 atom stereocenters. The van der Waals surface area contributed by atoms with Gasteiger partial charge in [0.15, 0.2) is 40.0 Å². The highest BCUT2D eigenvalue weighted by molar-refractivity contribution is 7.90. The fourth-order valence-electron chi connectivity index (χ4n) is 21.7. The molecule has 115 heavy (non-hydrogen) atoms. The first kappa shape index (κ1) is 89.3. The lowest BCUT2D eigenvalue weighted by Gasteiger charge is -2.63. The van der Waals surface area contributed by atoms with Crippen molar-refractivity contribution in [3.8, 4) is 0 Å². The van der Waals surface area contributed by atoms with Crippen LogP contribution < -0.4 is 17.2 Å². The first-order valence-corrected chi connectivity index (χ1v) is 40.8. The maximum atomic E-state index is 16.9. The van der Waals surface area contributed by atoms with E-state index in [1.54, 1.807) is 84.9 Å². The van der Waals surface area contributed by atoms with Crippen LogP contribution in [0.2, 0.25) is 0 Å². The van der Waals surface area contributed by atoms with Gasteiger partial charge in [0, 0.05) is 44.6 Å². The van der Waals surface area contributed by atoms with E-state index in [-0.39, 0.29) is 74.7 Å². The Labute approximate surface area is 665 Å². The summed E-state index contributed by atoms with van der Waals surface area (Å²) in [5.41, 5.74) is 9.86. The first-order chi connectivity index (χ1) is 53.8. The van der Waals surface area contributed by atoms with Gasteiger partial charge in [-0.1, -0.05) is 119 Å². The molecular formula is C85H109F5N6O18S. The second-order valence-corrected chi connectivity index (χ2v) is 36.3. The van der Waals surface area contributed by atoms with Crippen LogP contribution in [0, 0.1) is 57.2 Å². The molecule has 10 aliphatic rings. The van der Waals surface area contributed by atoms with E-state index in [9.17, 15) is 86.9 Å². The number of carbonyl (C=O) groups is 6. The molecule has 30 heteroatoms. The molecule has 13 unspecified atom stereocenters. The van der Waals surface area contributed by atoms with E-state index >= 15 is 13.2 Å². The van der Waals surface area contributed by atoms with Crippen LogP contribution in [0.15, 0.2) is 125 Å². The van der Waals surface area contributed by atoms with Crippen molar-refractivity contribution in [1.29, 1.82) is 0 Å². The quantitative estimate of drug-likeness (QED) is 0.0202. The lowest BCUT2D eigenvalue weighted by Crippen LogP contribution is -2.70. The molecule has 0 saturated heterocycles. The summed E-state index contributed by atoms with van der Waals surface area (Å²) < 4.78 is 105. The Balaban J connectivity index is 0.000000156. The third-order valence-corrected chi connectivity index (χ3v) is 30.1. The number of aryl methyl sites for hydroxylation is 1. The number of aliphatic carboxylic acids is 2. The van der Waals surface area contributed by atoms with Gasteiger partial charge in [-0.25, -0.2) is 44.1 Å². The van der Waals surface area contributed by atoms with E-state index in [1.165, 1.54) is 59.1 Å². The number of aliphatic hydroxyl groups is 6. The summed E-state index contributed by atoms with van der Waals surface area (Å²) in [7, 11) is -3.68. The highest BCUT2D eigenvalue weighted by Crippen LogP contribution is 2.73. The number of anilines is 1. The smallest absolute Gasteiger partial charge is 0.329 e. The second kappa shape index (κ2) is 32.7. The topological polar surface area (TPSA) is 436 Å². The Hall–Kier alpha value is -8.04. The van der Waals surface area contributed by atoms with Gasteiger partial charge in [0.1, 0.15) is 41.9 Å². The van der Waals surface area contributed by atoms with E-state index in [0.29, 0.717) is 65.7 Å². The number of benzene rings is 3. The molecule has 9 aliphatic carbocycles. The molecule has 0 spiro atoms. The zero-order valence-electron chi connectivity index (χ0n) is 66.5. The minimum atomic E-state index is -3.68. The van der Waals surface area contributed by atoms with Crippen LogP contribution in [0.3, 0.4) is 0 Å². The SMILES string of the molecule is CC(C)S(=O)(=O)n1c(N)nc2ccc(/C(=N/O)c3ccccc3)cc21.CC1CC2C3CC(F)C4=CC(=O)C=C[C@]4(C)C3(F)[C@@H](O)C[C@]2(C)C1(O)C(=O)CO.CC1CC2C3CCC4=CC(=O)C=C[C@]4(C)C3(F)[C@@H](O)C[C@]2(C)C1(O)C(=O)CO.CCc1cccc2c1CC1=C2CCOC1(CC)CC(=O)O.NCCCC(N)(C(=O)O)C(F)F. The Kier molecular flexibility index (Phi) is 25.4. The summed E-state index contributed by atoms with van der Waals surface area (Å²) in [5, 5.41) is 93.7. The van der Waals surface area contributed by atoms with Gasteiger partial charge in [-0.2, -0.15) is 0 Å². The van der Waals surface area contributed by atoms with Gasteiger partial charge in [-0.15, -0.1) is 0 Å². The van der Waals surface area contributed by atoms with Gasteiger partial charge >= 0.3 is 11.9 Å². The van der Waals surface area contributed by atoms with Crippen molar-refractivity contribution in [2.75, 3.05) is 32.1 Å². The number of aromatic nitrogens is 2. The average molecular weight is 1630 g/mol. The number of Topliss-reactive ketones (excluding diaryl/α,β-unsaturated/α-hetero) is 2. The van der Waals surface area contributed by atoms with Crippen LogP contribution in [-0.4, -0.2) is 194 Å². The number of allylic oxidation sites excluding steroid dienone is 8. The molecule has 6 fully saturated rings. The van der Waals surface area contributed by atoms with E-state index < -0.39 is 168 Å². The molecule has 0 amide bonds. The molecule has 15 N–H and O–H groups in total. The second-order valence-electron chi connectivity index (χ2n) is 33.9. The number of nitrogens with two attached hydrogens (primary N) is 3. The van der Waals surface area contributed by atoms with E-state index in [1.807, 2.05) is 25.1 Å². The number of carboxylic acids is 2. The predicted molar refractivity (Wildman–Crippen MR) is 419 cm³/mol. The number of aliphatic hydroxyl groups excluding tert-OH is 4. The van der Waals surface area contributed by atoms with Crippen LogP contribution >= 0.6 is 0 Å². The normalized spacial score (nSPS) is 35.2. The van der Waals surface area contributed by atoms with Gasteiger partial charge in [-0.05, 0) is 211 Å². The number of ether oxygens (including phenoxy) is 1. The number of carboxylic acid groups (broad SMARTS) is 2. The van der Waals surface area contributed by atoms with Crippen molar-refractivity contribution < 1.29 is 110 Å². The maximum absolute atomic E-state index is 16.9. The number of ketones is 4. The summed E-state index contributed by atoms with van der Waals surface area (Å²) in [6, 6.07) is 20.6. The molecule has 0 radical (unpaired) electrons. The number of fused-ring (bicyclic) bond motifs is 13. The summed E-state index contributed by atoms with van der Waals surface area (Å²) in [6.07, 6.45) is 5.22. The summed E-state index contributed by atoms with van der Waals surface area (Å²) in [5.74, 6) is -7.93. The van der Waals surface area contributed by atoms with Gasteiger partial charge in [0.25, 0.3) is 6.43 Å². The maximum Gasteiger partial charge on any atom is 0.329 e. The van der Waals surface area contributed by atoms with Gasteiger partial charge in [0.05, 0.1) is 41.5 Å². The molecule has 6 saturated carbocycles. The monoisotopic (exact) mass is 1630 g/mol. The Morgan fingerprint density at radius 2 is 1.34 bits per heavy atom. The highest BCUT2D eigenvalue weighted by atomic mass is 32.2. The zero-order valence-corrected chi connectivity index (χ0v) is 67.3. The Bertz CT molecular complexity index is 4780. The summed E-state index contributed by atoms with van der Waals surface area (Å²) >= 11 is 0. The number of rotatable bonds is 17. The van der Waals surface area contributed by atoms with E-state index in [2.05, 4.69) is 35.3 Å². The third-order valence-electron chi connectivity index (χ3n) is 28.0. The number of alkyl halides is 5. The predicted octanol–water partition coefficient (Wildman–Crippen LogP) is 9.55. The van der Waals surface area contributed by atoms with E-state index in [0.717, 1.165) is 29.3 Å². The van der Waals surface area contributed by atoms with Gasteiger partial charge in [0.2, 0.25) is 16.0 Å². The average Bonchev–Trinajstić information content (AvgIpc) is 1.61. The summed E-state index contributed by atoms with van der Waals surface area (Å²) in [4.78, 5) is 74.5. The molecule has 24 nitrogen and oxygen atoms in total. The largest absolute Gasteiger partial charge is 0.481 e. The first-order valence-electron chi connectivity index (χ1n) is 39.3. The molecule has 14 rings (SSSR count). The standard InChI is InChI=1S/C22H28F2O5.C22H29FO5.C18H22O3.C17H18N4O3S.C6H12F2N2O2/c1-11-6-13-14-8-16(23)15-7-12(26)4-5-19(15,2)21(14,24)17(27)9-20(13,3)22(11,29)18(28)10-25;1-12-8-16-15-5-4-13-9-14(25)6-7-19(13,2)21(15,23)17(26)10-20(16,3)22(12,28)18(27)11-24;1-3-12-6-5-7-13-14-8-9-21-18(4-2,11-17(19)20)16(14)10-15(12)13;1-11(2)25(23,24)21-15-10-13(8-9-14(15)19-17(21)18)16(20-22)12-6-4-3-5-7-12;7-4(8)6(10,5(11)12)2-1-3-9/h4-5,7,11,13-14,16-17,25,27,29H,6,8-10H2,1-3H3;6-7,9,12,15-17,24,26,28H,4-5,8,10-11H2,1-3H3;5-7H,3-4,8-11H2,1-2H3,(H,19,20);3-11,22H,1-2H3,(H2,18,19);4H,1-3,9-10H2,(H,11,12)/b;;;20-16+;/t11?,13?,14?,16?,17-,19-,20-,21?,22?;12?,15?,16?,17-,19-,20-,21?,22?;;;/m00.../s1. The fourth-order valence-corrected chi connectivity index (χ4v) is 22.8. The minimum Gasteiger partial charge on any atom is -0.481 e. The van der Waals surface area contributed by atoms with Crippen molar-refractivity contribution in [3.63, 3.8) is 0 Å². The molecule has 0 bridgehead atoms. The van der Waals surface area contributed by atoms with Crippen LogP contribution in [0.25, 0.3) is 16.6 Å². The van der Waals surface area contributed by atoms with Crippen molar-refractivity contribution in [2.24, 2.45) is 73.8 Å². The highest BCUT2D eigenvalue weighted by Gasteiger charge is 2.78. The zero-order chi connectivity index (χ0) is 85.3. The molecule has 2 heterocycles. The number of hydrogen-bond donors (Lipinski definition) is 12. The van der Waals surface area contributed by atoms with Crippen molar-refractivity contribution >= 4 is 73.4 Å². The minimum absolute atomic E-state index is 0.0409. The van der Waals surface area contributed by atoms with Crippen molar-refractivity contribution in [1.82, 2.24) is 8.96 Å². The number of imidazole rings is 1. The molecule has 1 aliphatic heterocycles. The number of nitrogens with zero attached hydrogens (tertiary/aromatic N) is 3. The lowest BCUT2D eigenvalue weighted by atomic mass is 9.44. The van der Waals surface area contributed by atoms with Crippen LogP contribution in [-0.2, 0) is 56.4 Å². The van der Waals surface area contributed by atoms with Crippen LogP contribution in [0.4, 0.5) is 27.9 Å². The number of halogens is 5. The Morgan fingerprint density at radius 3 is 1.86 bits per heavy atom.